The number of carbonyl (C=O) groups excluding carboxylic acids is 2. The third-order valence-corrected chi connectivity index (χ3v) is 5.77. The van der Waals surface area contributed by atoms with Gasteiger partial charge in [0.2, 0.25) is 0 Å². The normalized spacial score (nSPS) is 12.9. The number of rotatable bonds is 3. The van der Waals surface area contributed by atoms with E-state index in [4.69, 9.17) is 11.6 Å². The van der Waals surface area contributed by atoms with Crippen LogP contribution in [-0.4, -0.2) is 31.2 Å². The van der Waals surface area contributed by atoms with Crippen LogP contribution in [0.3, 0.4) is 0 Å². The van der Waals surface area contributed by atoms with E-state index in [0.717, 1.165) is 6.20 Å². The number of nitrogens with zero attached hydrogens (tertiary/aromatic N) is 4. The first-order chi connectivity index (χ1) is 16.7. The molecule has 5 rings (SSSR count). The van der Waals surface area contributed by atoms with Crippen LogP contribution in [0.4, 0.5) is 18.9 Å². The Balaban J connectivity index is 1.58. The van der Waals surface area contributed by atoms with Crippen LogP contribution in [0.15, 0.2) is 49.1 Å². The number of alkyl halides is 3. The van der Waals surface area contributed by atoms with Crippen LogP contribution in [0.2, 0.25) is 5.02 Å². The lowest BCUT2D eigenvalue weighted by Gasteiger charge is -2.19. The Kier molecular flexibility index (Phi) is 5.23. The predicted octanol–water partition coefficient (Wildman–Crippen LogP) is 4.43. The average Bonchev–Trinajstić information content (AvgIpc) is 3.40. The average molecular weight is 499 g/mol. The maximum Gasteiger partial charge on any atom is 0.434 e. The minimum atomic E-state index is -4.92. The summed E-state index contributed by atoms with van der Waals surface area (Å²) in [7, 11) is 1.74. The number of anilines is 1. The lowest BCUT2D eigenvalue weighted by Crippen LogP contribution is -2.21. The standard InChI is InChI=1S/C23H14ClF3N6O2/c1-32-10-17(24)15-7-12(8-29-21(15)32)31-22(35)16-9-30-33(20(16)23(25,26)27)19-4-2-3-13-14(19)5-6-28-18(13)11-34/h2-10,28H,1H3,(H,31,35). The van der Waals surface area contributed by atoms with Gasteiger partial charge in [0, 0.05) is 36.0 Å². The Morgan fingerprint density at radius 3 is 2.80 bits per heavy atom. The summed E-state index contributed by atoms with van der Waals surface area (Å²) in [6, 6.07) is 5.99. The molecule has 2 N–H and O–H groups in total. The van der Waals surface area contributed by atoms with Crippen molar-refractivity contribution in [2.24, 2.45) is 7.05 Å². The van der Waals surface area contributed by atoms with Gasteiger partial charge in [-0.15, -0.1) is 0 Å². The summed E-state index contributed by atoms with van der Waals surface area (Å²) in [5.74, 6) is 0.703. The van der Waals surface area contributed by atoms with E-state index in [2.05, 4.69) is 20.7 Å². The molecule has 4 heterocycles. The van der Waals surface area contributed by atoms with Crippen molar-refractivity contribution in [2.75, 3.05) is 5.32 Å². The highest BCUT2D eigenvalue weighted by atomic mass is 35.5. The minimum Gasteiger partial charge on any atom is -0.352 e. The van der Waals surface area contributed by atoms with E-state index in [1.165, 1.54) is 36.7 Å². The van der Waals surface area contributed by atoms with Gasteiger partial charge in [0.25, 0.3) is 5.91 Å². The molecular weight excluding hydrogens is 485 g/mol. The van der Waals surface area contributed by atoms with Crippen molar-refractivity contribution in [1.29, 1.82) is 0 Å². The summed E-state index contributed by atoms with van der Waals surface area (Å²) < 4.78 is 44.9. The molecule has 12 heteroatoms. The summed E-state index contributed by atoms with van der Waals surface area (Å²) >= 11 is 6.17. The molecule has 8 nitrogen and oxygen atoms in total. The van der Waals surface area contributed by atoms with Crippen molar-refractivity contribution < 1.29 is 22.8 Å². The molecule has 3 aromatic heterocycles. The molecule has 176 valence electrons. The zero-order valence-electron chi connectivity index (χ0n) is 17.8. The van der Waals surface area contributed by atoms with E-state index in [9.17, 15) is 22.8 Å². The Morgan fingerprint density at radius 2 is 2.06 bits per heavy atom. The Morgan fingerprint density at radius 1 is 1.26 bits per heavy atom. The third kappa shape index (κ3) is 3.76. The lowest BCUT2D eigenvalue weighted by atomic mass is 10.0. The van der Waals surface area contributed by atoms with Gasteiger partial charge in [-0.05, 0) is 18.2 Å². The summed E-state index contributed by atoms with van der Waals surface area (Å²) in [5.41, 5.74) is -0.436. The minimum absolute atomic E-state index is 0.0403. The number of pyridine rings is 1. The zero-order chi connectivity index (χ0) is 24.9. The first kappa shape index (κ1) is 22.5. The van der Waals surface area contributed by atoms with Gasteiger partial charge in [-0.3, -0.25) is 4.79 Å². The highest BCUT2D eigenvalue weighted by molar-refractivity contribution is 6.35. The molecule has 0 bridgehead atoms. The Hall–Kier alpha value is -4.34. The highest BCUT2D eigenvalue weighted by Crippen LogP contribution is 2.36. The van der Waals surface area contributed by atoms with Gasteiger partial charge in [-0.1, -0.05) is 23.7 Å². The van der Waals surface area contributed by atoms with Gasteiger partial charge in [0.15, 0.2) is 11.6 Å². The molecular formula is C23H14ClF3N6O2. The topological polar surface area (TPSA) is 93.8 Å². The van der Waals surface area contributed by atoms with Crippen molar-refractivity contribution in [1.82, 2.24) is 24.6 Å². The second-order valence-corrected chi connectivity index (χ2v) is 8.05. The number of aromatic nitrogens is 4. The number of carbonyl (C=O) groups is 1. The fraction of sp³-hybridized carbons (Fsp3) is 0.0870. The number of benzene rings is 1. The van der Waals surface area contributed by atoms with Crippen LogP contribution in [0.1, 0.15) is 27.2 Å². The zero-order valence-corrected chi connectivity index (χ0v) is 18.6. The van der Waals surface area contributed by atoms with Crippen molar-refractivity contribution in [3.8, 4) is 5.69 Å². The van der Waals surface area contributed by atoms with Crippen LogP contribution >= 0.6 is 11.6 Å². The molecule has 0 aliphatic carbocycles. The van der Waals surface area contributed by atoms with Gasteiger partial charge in [0.1, 0.15) is 11.3 Å². The van der Waals surface area contributed by atoms with Crippen molar-refractivity contribution >= 4 is 51.9 Å². The molecule has 1 amide bonds. The molecule has 0 unspecified atom stereocenters. The summed E-state index contributed by atoms with van der Waals surface area (Å²) in [6.45, 7) is 0. The maximum atomic E-state index is 14.2. The Labute approximate surface area is 200 Å². The quantitative estimate of drug-likeness (QED) is 0.408. The lowest BCUT2D eigenvalue weighted by molar-refractivity contribution is -0.143. The van der Waals surface area contributed by atoms with Crippen LogP contribution in [0.25, 0.3) is 28.5 Å². The second kappa shape index (κ2) is 8.15. The second-order valence-electron chi connectivity index (χ2n) is 7.65. The number of nitrogens with one attached hydrogen (secondary N) is 2. The monoisotopic (exact) mass is 498 g/mol. The van der Waals surface area contributed by atoms with E-state index in [0.29, 0.717) is 31.9 Å². The largest absolute Gasteiger partial charge is 0.434 e. The predicted molar refractivity (Wildman–Crippen MR) is 124 cm³/mol. The van der Waals surface area contributed by atoms with Crippen LogP contribution in [-0.2, 0) is 18.0 Å². The summed E-state index contributed by atoms with van der Waals surface area (Å²) in [5, 5.41) is 9.93. The van der Waals surface area contributed by atoms with Gasteiger partial charge < -0.3 is 15.2 Å². The van der Waals surface area contributed by atoms with Crippen LogP contribution in [0.5, 0.6) is 0 Å². The number of halogens is 4. The first-order valence-corrected chi connectivity index (χ1v) is 10.5. The molecule has 1 aromatic carbocycles. The summed E-state index contributed by atoms with van der Waals surface area (Å²) in [4.78, 5) is 28.4. The van der Waals surface area contributed by atoms with Crippen molar-refractivity contribution in [2.45, 2.75) is 6.18 Å². The fourth-order valence-electron chi connectivity index (χ4n) is 3.95. The van der Waals surface area contributed by atoms with Crippen molar-refractivity contribution in [3.05, 3.63) is 76.5 Å². The van der Waals surface area contributed by atoms with Gasteiger partial charge in [-0.25, -0.2) is 14.5 Å². The number of fused-ring (bicyclic) bond motifs is 2. The molecule has 0 atom stereocenters. The van der Waals surface area contributed by atoms with E-state index >= 15 is 0 Å². The van der Waals surface area contributed by atoms with E-state index in [1.54, 1.807) is 29.8 Å². The van der Waals surface area contributed by atoms with Crippen molar-refractivity contribution in [3.63, 3.8) is 0 Å². The smallest absolute Gasteiger partial charge is 0.352 e. The van der Waals surface area contributed by atoms with Gasteiger partial charge in [0.05, 0.1) is 34.4 Å². The van der Waals surface area contributed by atoms with E-state index in [1.807, 2.05) is 0 Å². The molecule has 1 aliphatic heterocycles. The van der Waals surface area contributed by atoms with Crippen LogP contribution in [0, 0.1) is 0 Å². The van der Waals surface area contributed by atoms with E-state index < -0.39 is 23.3 Å². The highest BCUT2D eigenvalue weighted by Gasteiger charge is 2.41. The Bertz CT molecular complexity index is 1590. The number of hydrogen-bond acceptors (Lipinski definition) is 5. The molecule has 0 spiro atoms. The molecule has 0 fully saturated rings. The number of amides is 1. The third-order valence-electron chi connectivity index (χ3n) is 5.47. The first-order valence-electron chi connectivity index (χ1n) is 10.1. The van der Waals surface area contributed by atoms with E-state index in [-0.39, 0.29) is 17.1 Å². The SMILES string of the molecule is Cn1cc(Cl)c2cc(NC(=O)c3cnn(-c4cccc5c4C=CNC5=C=O)c3C(F)(F)F)cnc21. The van der Waals surface area contributed by atoms with Crippen LogP contribution < -0.4 is 10.6 Å². The molecule has 1 aliphatic rings. The molecule has 4 aromatic rings. The molecule has 0 radical (unpaired) electrons. The number of aryl methyl sites for hydroxylation is 1. The molecule has 0 saturated carbocycles. The fourth-order valence-corrected chi connectivity index (χ4v) is 4.24. The summed E-state index contributed by atoms with van der Waals surface area (Å²) in [6.07, 6.45) is 1.81. The maximum absolute atomic E-state index is 14.2. The molecule has 0 saturated heterocycles. The van der Waals surface area contributed by atoms with Gasteiger partial charge >= 0.3 is 6.18 Å². The van der Waals surface area contributed by atoms with Gasteiger partial charge in [-0.2, -0.15) is 18.3 Å². The number of hydrogen-bond donors (Lipinski definition) is 2. The molecule has 35 heavy (non-hydrogen) atoms.